The number of thioether (sulfide) groups is 1. The first kappa shape index (κ1) is 11.4. The fraction of sp³-hybridized carbons (Fsp3) is 0.143. The average Bonchev–Trinajstić information content (AvgIpc) is 2.02. The molecule has 0 atom stereocenters. The lowest BCUT2D eigenvalue weighted by molar-refractivity contribution is 0.252. The quantitative estimate of drug-likeness (QED) is 0.603. The molecular formula is C7H5F3O2S2. The van der Waals surface area contributed by atoms with Crippen LogP contribution in [0, 0.1) is 0 Å². The normalized spacial score (nSPS) is 12.0. The van der Waals surface area contributed by atoms with Crippen molar-refractivity contribution in [1.82, 2.24) is 0 Å². The van der Waals surface area contributed by atoms with Gasteiger partial charge < -0.3 is 0 Å². The van der Waals surface area contributed by atoms with Crippen LogP contribution in [0.25, 0.3) is 0 Å². The monoisotopic (exact) mass is 242 g/mol. The minimum atomic E-state index is -4.74. The van der Waals surface area contributed by atoms with Crippen LogP contribution in [-0.4, -0.2) is 14.2 Å². The predicted molar refractivity (Wildman–Crippen MR) is 46.6 cm³/mol. The second-order valence-corrected chi connectivity index (χ2v) is 4.70. The molecule has 78 valence electrons. The fourth-order valence-corrected chi connectivity index (χ4v) is 1.74. The van der Waals surface area contributed by atoms with Crippen molar-refractivity contribution in [3.63, 3.8) is 0 Å². The van der Waals surface area contributed by atoms with Crippen LogP contribution in [-0.2, 0) is 10.2 Å². The van der Waals surface area contributed by atoms with Crippen LogP contribution in [0.3, 0.4) is 0 Å². The summed E-state index contributed by atoms with van der Waals surface area (Å²) in [6.07, 6.45) is 0. The Morgan fingerprint density at radius 1 is 1.14 bits per heavy atom. The molecule has 0 aliphatic rings. The Kier molecular flexibility index (Phi) is 3.43. The summed E-state index contributed by atoms with van der Waals surface area (Å²) in [5.74, 6) is -2.58. The van der Waals surface area contributed by atoms with Crippen LogP contribution in [0.4, 0.5) is 12.7 Å². The smallest absolute Gasteiger partial charge is 0.198 e. The van der Waals surface area contributed by atoms with E-state index in [1.807, 2.05) is 0 Å². The van der Waals surface area contributed by atoms with E-state index in [4.69, 9.17) is 0 Å². The maximum Gasteiger partial charge on any atom is 0.332 e. The van der Waals surface area contributed by atoms with E-state index in [0.29, 0.717) is 0 Å². The van der Waals surface area contributed by atoms with Crippen LogP contribution < -0.4 is 0 Å². The van der Waals surface area contributed by atoms with Gasteiger partial charge in [-0.2, -0.15) is 17.2 Å². The van der Waals surface area contributed by atoms with Gasteiger partial charge in [0.25, 0.3) is 5.76 Å². The van der Waals surface area contributed by atoms with Gasteiger partial charge in [-0.15, -0.1) is 3.89 Å². The van der Waals surface area contributed by atoms with E-state index in [-0.39, 0.29) is 16.7 Å². The van der Waals surface area contributed by atoms with Crippen LogP contribution in [0.15, 0.2) is 34.1 Å². The van der Waals surface area contributed by atoms with Gasteiger partial charge in [-0.3, -0.25) is 0 Å². The second-order valence-electron chi connectivity index (χ2n) is 2.29. The van der Waals surface area contributed by atoms with Gasteiger partial charge in [-0.05, 0) is 24.3 Å². The van der Waals surface area contributed by atoms with E-state index in [1.165, 1.54) is 0 Å². The summed E-state index contributed by atoms with van der Waals surface area (Å²) in [6.45, 7) is 0. The minimum absolute atomic E-state index is 0.187. The van der Waals surface area contributed by atoms with E-state index >= 15 is 0 Å². The van der Waals surface area contributed by atoms with Crippen molar-refractivity contribution >= 4 is 22.0 Å². The summed E-state index contributed by atoms with van der Waals surface area (Å²) < 4.78 is 56.7. The maximum atomic E-state index is 12.3. The van der Waals surface area contributed by atoms with Crippen LogP contribution in [0.5, 0.6) is 0 Å². The molecule has 1 aromatic rings. The molecule has 0 bridgehead atoms. The Morgan fingerprint density at radius 3 is 2.00 bits per heavy atom. The van der Waals surface area contributed by atoms with Crippen molar-refractivity contribution in [2.45, 2.75) is 15.5 Å². The highest BCUT2D eigenvalue weighted by atomic mass is 32.3. The summed E-state index contributed by atoms with van der Waals surface area (Å²) in [5.41, 5.74) is 0. The Morgan fingerprint density at radius 2 is 1.64 bits per heavy atom. The third-order valence-electron chi connectivity index (χ3n) is 1.33. The highest BCUT2D eigenvalue weighted by Crippen LogP contribution is 2.26. The Bertz CT molecular complexity index is 399. The van der Waals surface area contributed by atoms with Gasteiger partial charge in [-0.1, -0.05) is 11.8 Å². The molecule has 2 nitrogen and oxygen atoms in total. The standard InChI is InChI=1S/C7H5F3O2S2/c8-7(9)13-5-1-3-6(4-2-5)14(10,11)12/h1-4,7H. The van der Waals surface area contributed by atoms with Crippen molar-refractivity contribution in [2.24, 2.45) is 0 Å². The molecule has 0 radical (unpaired) electrons. The summed E-state index contributed by atoms with van der Waals surface area (Å²) in [7, 11) is -4.74. The minimum Gasteiger partial charge on any atom is -0.198 e. The molecule has 0 aliphatic heterocycles. The van der Waals surface area contributed by atoms with Crippen LogP contribution >= 0.6 is 11.8 Å². The van der Waals surface area contributed by atoms with Gasteiger partial charge in [0, 0.05) is 4.90 Å². The van der Waals surface area contributed by atoms with E-state index in [2.05, 4.69) is 0 Å². The summed E-state index contributed by atoms with van der Waals surface area (Å²) in [6, 6.07) is 4.15. The third-order valence-corrected chi connectivity index (χ3v) is 2.89. The highest BCUT2D eigenvalue weighted by Gasteiger charge is 2.12. The van der Waals surface area contributed by atoms with E-state index in [9.17, 15) is 21.1 Å². The van der Waals surface area contributed by atoms with E-state index < -0.39 is 20.9 Å². The van der Waals surface area contributed by atoms with Crippen LogP contribution in [0.2, 0.25) is 0 Å². The van der Waals surface area contributed by atoms with E-state index in [0.717, 1.165) is 24.3 Å². The molecule has 0 aromatic heterocycles. The van der Waals surface area contributed by atoms with Gasteiger partial charge in [0.15, 0.2) is 0 Å². The van der Waals surface area contributed by atoms with Crippen molar-refractivity contribution in [2.75, 3.05) is 0 Å². The lowest BCUT2D eigenvalue weighted by Gasteiger charge is -1.99. The van der Waals surface area contributed by atoms with E-state index in [1.54, 1.807) is 0 Å². The fourth-order valence-electron chi connectivity index (χ4n) is 0.784. The molecule has 0 spiro atoms. The summed E-state index contributed by atoms with van der Waals surface area (Å²) in [5, 5.41) is 0. The largest absolute Gasteiger partial charge is 0.332 e. The number of alkyl halides is 2. The third kappa shape index (κ3) is 3.22. The topological polar surface area (TPSA) is 34.1 Å². The van der Waals surface area contributed by atoms with Crippen molar-refractivity contribution in [3.05, 3.63) is 24.3 Å². The molecule has 0 saturated carbocycles. The zero-order chi connectivity index (χ0) is 10.8. The number of rotatable bonds is 3. The molecule has 7 heteroatoms. The lowest BCUT2D eigenvalue weighted by atomic mass is 10.4. The molecule has 0 heterocycles. The van der Waals surface area contributed by atoms with Gasteiger partial charge in [0.1, 0.15) is 0 Å². The van der Waals surface area contributed by atoms with Gasteiger partial charge in [0.2, 0.25) is 0 Å². The number of hydrogen-bond acceptors (Lipinski definition) is 3. The summed E-state index contributed by atoms with van der Waals surface area (Å²) in [4.78, 5) is -0.344. The molecule has 1 aromatic carbocycles. The zero-order valence-corrected chi connectivity index (χ0v) is 8.29. The predicted octanol–water partition coefficient (Wildman–Crippen LogP) is 2.66. The molecule has 1 rings (SSSR count). The molecule has 0 unspecified atom stereocenters. The first-order valence-corrected chi connectivity index (χ1v) is 5.65. The highest BCUT2D eigenvalue weighted by molar-refractivity contribution is 7.99. The first-order valence-electron chi connectivity index (χ1n) is 3.39. The van der Waals surface area contributed by atoms with Crippen LogP contribution in [0.1, 0.15) is 0 Å². The Balaban J connectivity index is 2.90. The molecule has 0 saturated heterocycles. The molecule has 0 aliphatic carbocycles. The number of benzene rings is 1. The zero-order valence-electron chi connectivity index (χ0n) is 6.65. The Labute approximate surface area is 83.3 Å². The maximum absolute atomic E-state index is 12.3. The molecule has 14 heavy (non-hydrogen) atoms. The molecule has 0 fully saturated rings. The number of hydrogen-bond donors (Lipinski definition) is 0. The Hall–Kier alpha value is -0.690. The number of halogens is 3. The SMILES string of the molecule is O=S(=O)(F)c1ccc(SC(F)F)cc1. The molecule has 0 amide bonds. The molecular weight excluding hydrogens is 237 g/mol. The van der Waals surface area contributed by atoms with Crippen molar-refractivity contribution in [3.8, 4) is 0 Å². The molecule has 0 N–H and O–H groups in total. The van der Waals surface area contributed by atoms with Crippen molar-refractivity contribution < 1.29 is 21.1 Å². The average molecular weight is 242 g/mol. The summed E-state index contributed by atoms with van der Waals surface area (Å²) >= 11 is 0.267. The van der Waals surface area contributed by atoms with Gasteiger partial charge in [-0.25, -0.2) is 0 Å². The van der Waals surface area contributed by atoms with Gasteiger partial charge in [0.05, 0.1) is 4.90 Å². The first-order chi connectivity index (χ1) is 6.39. The van der Waals surface area contributed by atoms with Gasteiger partial charge >= 0.3 is 10.2 Å². The second kappa shape index (κ2) is 4.22. The lowest BCUT2D eigenvalue weighted by Crippen LogP contribution is -1.91. The van der Waals surface area contributed by atoms with Crippen molar-refractivity contribution in [1.29, 1.82) is 0 Å².